The molecule has 1 nitrogen and oxygen atoms in total. The second kappa shape index (κ2) is 15.7. The van der Waals surface area contributed by atoms with Crippen molar-refractivity contribution in [1.82, 2.24) is 0 Å². The fourth-order valence-electron chi connectivity index (χ4n) is 3.94. The Morgan fingerprint density at radius 3 is 1.32 bits per heavy atom. The van der Waals surface area contributed by atoms with Gasteiger partial charge in [0.2, 0.25) is 0 Å². The van der Waals surface area contributed by atoms with Gasteiger partial charge in [-0.3, -0.25) is 0 Å². The highest BCUT2D eigenvalue weighted by Crippen LogP contribution is 2.38. The molecule has 1 fully saturated rings. The minimum atomic E-state index is 0.384. The molecule has 146 valence electrons. The summed E-state index contributed by atoms with van der Waals surface area (Å²) in [5.74, 6) is 2.04. The number of hydrogen-bond donors (Lipinski definition) is 0. The van der Waals surface area contributed by atoms with Crippen molar-refractivity contribution in [2.45, 2.75) is 129 Å². The van der Waals surface area contributed by atoms with Gasteiger partial charge in [-0.15, -0.1) is 0 Å². The van der Waals surface area contributed by atoms with Crippen molar-refractivity contribution < 1.29 is 0 Å². The molecule has 0 bridgehead atoms. The predicted octanol–water partition coefficient (Wildman–Crippen LogP) is 8.43. The van der Waals surface area contributed by atoms with E-state index in [1.54, 1.807) is 0 Å². The lowest BCUT2D eigenvalue weighted by Crippen LogP contribution is -1.99. The number of nitriles is 1. The zero-order valence-corrected chi connectivity index (χ0v) is 17.4. The maximum absolute atomic E-state index is 9.12. The van der Waals surface area contributed by atoms with Crippen LogP contribution in [0.15, 0.2) is 0 Å². The molecule has 0 saturated heterocycles. The Morgan fingerprint density at radius 1 is 0.640 bits per heavy atom. The SMILES string of the molecule is CC(C)CCCCCCCCCCCCCCCCC(C#N)C1CC1. The van der Waals surface area contributed by atoms with E-state index in [2.05, 4.69) is 19.9 Å². The van der Waals surface area contributed by atoms with Crippen LogP contribution in [0.2, 0.25) is 0 Å². The van der Waals surface area contributed by atoms with Crippen LogP contribution in [0.3, 0.4) is 0 Å². The maximum Gasteiger partial charge on any atom is 0.0658 e. The highest BCUT2D eigenvalue weighted by atomic mass is 14.4. The summed E-state index contributed by atoms with van der Waals surface area (Å²) in [4.78, 5) is 0. The molecule has 0 radical (unpaired) electrons. The molecule has 1 saturated carbocycles. The van der Waals surface area contributed by atoms with E-state index in [0.29, 0.717) is 5.92 Å². The molecule has 1 heteroatoms. The van der Waals surface area contributed by atoms with E-state index in [1.807, 2.05) is 0 Å². The summed E-state index contributed by atoms with van der Waals surface area (Å²) >= 11 is 0. The first kappa shape index (κ1) is 22.5. The largest absolute Gasteiger partial charge is 0.198 e. The molecule has 1 unspecified atom stereocenters. The third-order valence-electron chi connectivity index (χ3n) is 5.90. The van der Waals surface area contributed by atoms with Crippen molar-refractivity contribution in [3.05, 3.63) is 0 Å². The van der Waals surface area contributed by atoms with Crippen LogP contribution in [0.4, 0.5) is 0 Å². The van der Waals surface area contributed by atoms with Gasteiger partial charge in [0.05, 0.1) is 6.07 Å². The second-order valence-corrected chi connectivity index (χ2v) is 8.99. The quantitative estimate of drug-likeness (QED) is 0.228. The zero-order valence-electron chi connectivity index (χ0n) is 17.4. The molecule has 0 aromatic carbocycles. The lowest BCUT2D eigenvalue weighted by Gasteiger charge is -2.07. The highest BCUT2D eigenvalue weighted by Gasteiger charge is 2.30. The van der Waals surface area contributed by atoms with Crippen LogP contribution in [0.1, 0.15) is 129 Å². The fourth-order valence-corrected chi connectivity index (χ4v) is 3.94. The average molecular weight is 348 g/mol. The molecule has 0 heterocycles. The first-order chi connectivity index (χ1) is 12.2. The molecule has 25 heavy (non-hydrogen) atoms. The lowest BCUT2D eigenvalue weighted by atomic mass is 9.97. The van der Waals surface area contributed by atoms with Crippen molar-refractivity contribution in [2.75, 3.05) is 0 Å². The monoisotopic (exact) mass is 347 g/mol. The topological polar surface area (TPSA) is 23.8 Å². The Kier molecular flexibility index (Phi) is 14.2. The molecule has 1 aliphatic carbocycles. The molecule has 1 atom stereocenters. The lowest BCUT2D eigenvalue weighted by molar-refractivity contribution is 0.481. The Labute approximate surface area is 159 Å². The van der Waals surface area contributed by atoms with Crippen molar-refractivity contribution >= 4 is 0 Å². The van der Waals surface area contributed by atoms with Crippen LogP contribution in [0.25, 0.3) is 0 Å². The van der Waals surface area contributed by atoms with Crippen molar-refractivity contribution in [1.29, 1.82) is 5.26 Å². The predicted molar refractivity (Wildman–Crippen MR) is 111 cm³/mol. The van der Waals surface area contributed by atoms with Gasteiger partial charge in [-0.05, 0) is 31.1 Å². The van der Waals surface area contributed by atoms with Crippen LogP contribution in [0.5, 0.6) is 0 Å². The number of nitrogens with zero attached hydrogens (tertiary/aromatic N) is 1. The summed E-state index contributed by atoms with van der Waals surface area (Å²) in [6, 6.07) is 2.52. The Bertz CT molecular complexity index is 323. The highest BCUT2D eigenvalue weighted by molar-refractivity contribution is 4.94. The summed E-state index contributed by atoms with van der Waals surface area (Å²) in [6.07, 6.45) is 25.2. The minimum Gasteiger partial charge on any atom is -0.198 e. The van der Waals surface area contributed by atoms with Crippen LogP contribution in [-0.2, 0) is 0 Å². The summed E-state index contributed by atoms with van der Waals surface area (Å²) in [7, 11) is 0. The van der Waals surface area contributed by atoms with Crippen molar-refractivity contribution in [3.63, 3.8) is 0 Å². The summed E-state index contributed by atoms with van der Waals surface area (Å²) in [5, 5.41) is 9.12. The second-order valence-electron chi connectivity index (χ2n) is 8.99. The van der Waals surface area contributed by atoms with Crippen LogP contribution >= 0.6 is 0 Å². The molecule has 0 amide bonds. The molecule has 0 N–H and O–H groups in total. The Balaban J connectivity index is 1.69. The standard InChI is InChI=1S/C24H45N/c1-22(2)17-15-13-11-9-7-5-3-4-6-8-10-12-14-16-18-24(21-25)23-19-20-23/h22-24H,3-20H2,1-2H3. The molecule has 0 aromatic heterocycles. The molecule has 1 aliphatic rings. The third-order valence-corrected chi connectivity index (χ3v) is 5.90. The fraction of sp³-hybridized carbons (Fsp3) is 0.958. The summed E-state index contributed by atoms with van der Waals surface area (Å²) in [5.41, 5.74) is 0. The van der Waals surface area contributed by atoms with Crippen molar-refractivity contribution in [3.8, 4) is 6.07 Å². The van der Waals surface area contributed by atoms with Gasteiger partial charge in [0.15, 0.2) is 0 Å². The van der Waals surface area contributed by atoms with Gasteiger partial charge in [-0.25, -0.2) is 0 Å². The Morgan fingerprint density at radius 2 is 1.00 bits per heavy atom. The molecule has 0 spiro atoms. The summed E-state index contributed by atoms with van der Waals surface area (Å²) < 4.78 is 0. The van der Waals surface area contributed by atoms with Crippen molar-refractivity contribution in [2.24, 2.45) is 17.8 Å². The Hall–Kier alpha value is -0.510. The molecular weight excluding hydrogens is 302 g/mol. The first-order valence-corrected chi connectivity index (χ1v) is 11.6. The smallest absolute Gasteiger partial charge is 0.0658 e. The number of unbranched alkanes of at least 4 members (excludes halogenated alkanes) is 13. The van der Waals surface area contributed by atoms with Gasteiger partial charge in [0.25, 0.3) is 0 Å². The van der Waals surface area contributed by atoms with Gasteiger partial charge in [0.1, 0.15) is 0 Å². The van der Waals surface area contributed by atoms with E-state index in [1.165, 1.54) is 116 Å². The van der Waals surface area contributed by atoms with E-state index < -0.39 is 0 Å². The van der Waals surface area contributed by atoms with Gasteiger partial charge in [-0.1, -0.05) is 110 Å². The normalized spacial score (nSPS) is 15.4. The van der Waals surface area contributed by atoms with E-state index in [4.69, 9.17) is 5.26 Å². The summed E-state index contributed by atoms with van der Waals surface area (Å²) in [6.45, 7) is 4.67. The van der Waals surface area contributed by atoms with Gasteiger partial charge in [0, 0.05) is 5.92 Å². The minimum absolute atomic E-state index is 0.384. The van der Waals surface area contributed by atoms with E-state index >= 15 is 0 Å². The number of hydrogen-bond acceptors (Lipinski definition) is 1. The van der Waals surface area contributed by atoms with E-state index in [0.717, 1.165) is 11.8 Å². The molecule has 0 aromatic rings. The third kappa shape index (κ3) is 14.4. The van der Waals surface area contributed by atoms with Crippen LogP contribution in [0, 0.1) is 29.1 Å². The van der Waals surface area contributed by atoms with Crippen LogP contribution < -0.4 is 0 Å². The van der Waals surface area contributed by atoms with Gasteiger partial charge < -0.3 is 0 Å². The first-order valence-electron chi connectivity index (χ1n) is 11.6. The molecular formula is C24H45N. The molecule has 0 aliphatic heterocycles. The van der Waals surface area contributed by atoms with Gasteiger partial charge in [-0.2, -0.15) is 5.26 Å². The van der Waals surface area contributed by atoms with Gasteiger partial charge >= 0.3 is 0 Å². The number of rotatable bonds is 18. The van der Waals surface area contributed by atoms with Crippen LogP contribution in [-0.4, -0.2) is 0 Å². The van der Waals surface area contributed by atoms with E-state index in [-0.39, 0.29) is 0 Å². The maximum atomic E-state index is 9.12. The van der Waals surface area contributed by atoms with E-state index in [9.17, 15) is 0 Å². The molecule has 1 rings (SSSR count). The zero-order chi connectivity index (χ0) is 18.2. The average Bonchev–Trinajstić information content (AvgIpc) is 3.42.